The van der Waals surface area contributed by atoms with Crippen LogP contribution in [0.15, 0.2) is 0 Å². The molecule has 3 fully saturated rings. The van der Waals surface area contributed by atoms with Crippen LogP contribution in [0.1, 0.15) is 45.4 Å². The number of nitrogens with one attached hydrogen (secondary N) is 1. The molecule has 3 aliphatic rings. The molecule has 4 heteroatoms. The quantitative estimate of drug-likeness (QED) is 0.810. The summed E-state index contributed by atoms with van der Waals surface area (Å²) in [6.45, 7) is 8.60. The smallest absolute Gasteiger partial charge is 0.122 e. The minimum atomic E-state index is -0.287. The van der Waals surface area contributed by atoms with E-state index in [1.807, 2.05) is 0 Å². The van der Waals surface area contributed by atoms with E-state index in [-0.39, 0.29) is 5.54 Å². The number of likely N-dealkylation sites (N-methyl/N-ethyl adjacent to an activating group) is 1. The molecule has 118 valence electrons. The van der Waals surface area contributed by atoms with Crippen molar-refractivity contribution in [2.45, 2.75) is 57.0 Å². The van der Waals surface area contributed by atoms with E-state index in [2.05, 4.69) is 28.1 Å². The summed E-state index contributed by atoms with van der Waals surface area (Å²) in [6.07, 6.45) is 8.10. The first kappa shape index (κ1) is 15.3. The Kier molecular flexibility index (Phi) is 4.83. The van der Waals surface area contributed by atoms with Crippen molar-refractivity contribution in [2.24, 2.45) is 5.92 Å². The van der Waals surface area contributed by atoms with Gasteiger partial charge in [0, 0.05) is 38.8 Å². The van der Waals surface area contributed by atoms with Gasteiger partial charge < -0.3 is 0 Å². The summed E-state index contributed by atoms with van der Waals surface area (Å²) in [7, 11) is 0. The highest BCUT2D eigenvalue weighted by atomic mass is 15.3. The van der Waals surface area contributed by atoms with Crippen LogP contribution >= 0.6 is 0 Å². The number of rotatable bonds is 6. The topological polar surface area (TPSA) is 42.3 Å². The summed E-state index contributed by atoms with van der Waals surface area (Å²) in [4.78, 5) is 5.22. The van der Waals surface area contributed by atoms with Gasteiger partial charge in [0.2, 0.25) is 0 Å². The largest absolute Gasteiger partial charge is 0.298 e. The minimum Gasteiger partial charge on any atom is -0.298 e. The molecule has 0 spiro atoms. The number of piperazine rings is 1. The Bertz CT molecular complexity index is 373. The zero-order chi connectivity index (χ0) is 14.7. The highest BCUT2D eigenvalue weighted by molar-refractivity contribution is 5.16. The van der Waals surface area contributed by atoms with Crippen LogP contribution in [0, 0.1) is 17.2 Å². The lowest BCUT2D eigenvalue weighted by Crippen LogP contribution is -2.58. The number of nitriles is 1. The average molecular weight is 290 g/mol. The molecule has 21 heavy (non-hydrogen) atoms. The SMILES string of the molecule is CCNC(C#N)(CN1CCN(C2CCCC2)CC1)C1CC1. The van der Waals surface area contributed by atoms with Crippen LogP contribution in [0.3, 0.4) is 0 Å². The molecule has 4 nitrogen and oxygen atoms in total. The standard InChI is InChI=1S/C17H30N4/c1-2-19-17(13-18,15-7-8-15)14-20-9-11-21(12-10-20)16-5-3-4-6-16/h15-16,19H,2-12,14H2,1H3. The molecule has 0 aromatic rings. The second-order valence-electron chi connectivity index (χ2n) is 7.14. The molecule has 1 unspecified atom stereocenters. The Hall–Kier alpha value is -0.630. The summed E-state index contributed by atoms with van der Waals surface area (Å²) < 4.78 is 0. The average Bonchev–Trinajstić information content (AvgIpc) is 3.23. The Balaban J connectivity index is 1.52. The molecule has 1 heterocycles. The summed E-state index contributed by atoms with van der Waals surface area (Å²) in [6, 6.07) is 3.48. The van der Waals surface area contributed by atoms with E-state index in [0.29, 0.717) is 5.92 Å². The van der Waals surface area contributed by atoms with Crippen LogP contribution in [0.2, 0.25) is 0 Å². The molecule has 2 aliphatic carbocycles. The summed E-state index contributed by atoms with van der Waals surface area (Å²) in [5.74, 6) is 0.579. The van der Waals surface area contributed by atoms with Gasteiger partial charge in [-0.1, -0.05) is 19.8 Å². The Labute approximate surface area is 129 Å². The van der Waals surface area contributed by atoms with Crippen molar-refractivity contribution in [2.75, 3.05) is 39.3 Å². The van der Waals surface area contributed by atoms with Crippen molar-refractivity contribution in [3.05, 3.63) is 0 Å². The Morgan fingerprint density at radius 2 is 1.76 bits per heavy atom. The van der Waals surface area contributed by atoms with E-state index in [9.17, 15) is 5.26 Å². The molecule has 3 rings (SSSR count). The fourth-order valence-electron chi connectivity index (χ4n) is 4.30. The fraction of sp³-hybridized carbons (Fsp3) is 0.941. The zero-order valence-corrected chi connectivity index (χ0v) is 13.5. The maximum absolute atomic E-state index is 9.72. The van der Waals surface area contributed by atoms with E-state index in [0.717, 1.165) is 32.2 Å². The molecule has 0 aromatic heterocycles. The molecule has 1 aliphatic heterocycles. The van der Waals surface area contributed by atoms with Gasteiger partial charge in [0.1, 0.15) is 5.54 Å². The van der Waals surface area contributed by atoms with E-state index in [4.69, 9.17) is 0 Å². The molecule has 0 aromatic carbocycles. The van der Waals surface area contributed by atoms with Crippen molar-refractivity contribution in [3.63, 3.8) is 0 Å². The van der Waals surface area contributed by atoms with Crippen molar-refractivity contribution < 1.29 is 0 Å². The van der Waals surface area contributed by atoms with Gasteiger partial charge in [-0.2, -0.15) is 5.26 Å². The van der Waals surface area contributed by atoms with Crippen LogP contribution in [-0.2, 0) is 0 Å². The monoisotopic (exact) mass is 290 g/mol. The lowest BCUT2D eigenvalue weighted by atomic mass is 9.93. The van der Waals surface area contributed by atoms with E-state index in [1.165, 1.54) is 51.6 Å². The van der Waals surface area contributed by atoms with Gasteiger partial charge in [0.15, 0.2) is 0 Å². The number of hydrogen-bond acceptors (Lipinski definition) is 4. The molecule has 0 amide bonds. The second kappa shape index (κ2) is 6.64. The third-order valence-electron chi connectivity index (χ3n) is 5.69. The highest BCUT2D eigenvalue weighted by Gasteiger charge is 2.46. The third-order valence-corrected chi connectivity index (χ3v) is 5.69. The van der Waals surface area contributed by atoms with Crippen LogP contribution in [0.25, 0.3) is 0 Å². The van der Waals surface area contributed by atoms with Gasteiger partial charge >= 0.3 is 0 Å². The molecule has 2 saturated carbocycles. The molecule has 1 N–H and O–H groups in total. The van der Waals surface area contributed by atoms with Crippen LogP contribution in [0.5, 0.6) is 0 Å². The van der Waals surface area contributed by atoms with Crippen LogP contribution < -0.4 is 5.32 Å². The number of hydrogen-bond donors (Lipinski definition) is 1. The van der Waals surface area contributed by atoms with Crippen molar-refractivity contribution in [1.29, 1.82) is 5.26 Å². The van der Waals surface area contributed by atoms with E-state index in [1.54, 1.807) is 0 Å². The molecule has 1 atom stereocenters. The lowest BCUT2D eigenvalue weighted by Gasteiger charge is -2.41. The van der Waals surface area contributed by atoms with E-state index < -0.39 is 0 Å². The molecule has 1 saturated heterocycles. The molecular formula is C17H30N4. The lowest BCUT2D eigenvalue weighted by molar-refractivity contribution is 0.0810. The van der Waals surface area contributed by atoms with Gasteiger partial charge in [-0.15, -0.1) is 0 Å². The maximum atomic E-state index is 9.72. The Morgan fingerprint density at radius 1 is 1.10 bits per heavy atom. The van der Waals surface area contributed by atoms with Crippen molar-refractivity contribution in [3.8, 4) is 6.07 Å². The van der Waals surface area contributed by atoms with Gasteiger partial charge in [0.25, 0.3) is 0 Å². The van der Waals surface area contributed by atoms with Crippen molar-refractivity contribution >= 4 is 0 Å². The number of nitrogens with zero attached hydrogens (tertiary/aromatic N) is 3. The zero-order valence-electron chi connectivity index (χ0n) is 13.5. The normalized spacial score (nSPS) is 28.4. The van der Waals surface area contributed by atoms with Gasteiger partial charge in [-0.05, 0) is 38.1 Å². The first-order chi connectivity index (χ1) is 10.3. The van der Waals surface area contributed by atoms with Crippen LogP contribution in [0.4, 0.5) is 0 Å². The summed E-state index contributed by atoms with van der Waals surface area (Å²) in [5, 5.41) is 13.2. The van der Waals surface area contributed by atoms with Gasteiger partial charge in [-0.3, -0.25) is 15.1 Å². The van der Waals surface area contributed by atoms with Gasteiger partial charge in [0.05, 0.1) is 6.07 Å². The predicted molar refractivity (Wildman–Crippen MR) is 85.0 cm³/mol. The first-order valence-electron chi connectivity index (χ1n) is 8.90. The molecule has 0 radical (unpaired) electrons. The van der Waals surface area contributed by atoms with E-state index >= 15 is 0 Å². The van der Waals surface area contributed by atoms with Gasteiger partial charge in [-0.25, -0.2) is 0 Å². The summed E-state index contributed by atoms with van der Waals surface area (Å²) in [5.41, 5.74) is -0.287. The molecule has 0 bridgehead atoms. The summed E-state index contributed by atoms with van der Waals surface area (Å²) >= 11 is 0. The second-order valence-corrected chi connectivity index (χ2v) is 7.14. The van der Waals surface area contributed by atoms with Crippen LogP contribution in [-0.4, -0.2) is 60.6 Å². The predicted octanol–water partition coefficient (Wildman–Crippen LogP) is 1.83. The minimum absolute atomic E-state index is 0.287. The Morgan fingerprint density at radius 3 is 2.29 bits per heavy atom. The first-order valence-corrected chi connectivity index (χ1v) is 8.90. The fourth-order valence-corrected chi connectivity index (χ4v) is 4.30. The highest BCUT2D eigenvalue weighted by Crippen LogP contribution is 2.40. The maximum Gasteiger partial charge on any atom is 0.122 e. The third kappa shape index (κ3) is 3.41. The molecular weight excluding hydrogens is 260 g/mol. The van der Waals surface area contributed by atoms with Crippen molar-refractivity contribution in [1.82, 2.24) is 15.1 Å².